The molecule has 2 aromatic rings. The highest BCUT2D eigenvalue weighted by molar-refractivity contribution is 6.04. The quantitative estimate of drug-likeness (QED) is 0.374. The first-order valence-corrected chi connectivity index (χ1v) is 13.5. The third kappa shape index (κ3) is 5.66. The monoisotopic (exact) mass is 518 g/mol. The van der Waals surface area contributed by atoms with E-state index in [1.165, 1.54) is 10.7 Å². The number of hydrogen-bond donors (Lipinski definition) is 0. The van der Waals surface area contributed by atoms with Crippen LogP contribution >= 0.6 is 0 Å². The van der Waals surface area contributed by atoms with Crippen molar-refractivity contribution in [3.05, 3.63) is 59.7 Å². The number of hydrogen-bond acceptors (Lipinski definition) is 6. The predicted octanol–water partition coefficient (Wildman–Crippen LogP) is 3.38. The van der Waals surface area contributed by atoms with E-state index < -0.39 is 0 Å². The largest absolute Gasteiger partial charge is 0.494 e. The molecule has 0 spiro atoms. The second kappa shape index (κ2) is 11.7. The summed E-state index contributed by atoms with van der Waals surface area (Å²) in [5, 5.41) is 2.26. The van der Waals surface area contributed by atoms with Gasteiger partial charge < -0.3 is 14.5 Å². The molecule has 3 aliphatic rings. The molecule has 3 heterocycles. The number of piperidine rings is 1. The van der Waals surface area contributed by atoms with E-state index >= 15 is 0 Å². The molecule has 0 bridgehead atoms. The summed E-state index contributed by atoms with van der Waals surface area (Å²) in [6.07, 6.45) is 4.18. The molecule has 0 aliphatic carbocycles. The summed E-state index contributed by atoms with van der Waals surface area (Å²) in [6.45, 7) is 3.94. The Morgan fingerprint density at radius 2 is 1.58 bits per heavy atom. The van der Waals surface area contributed by atoms with Crippen molar-refractivity contribution in [2.45, 2.75) is 51.5 Å². The van der Waals surface area contributed by atoms with Gasteiger partial charge in [-0.25, -0.2) is 5.01 Å². The summed E-state index contributed by atoms with van der Waals surface area (Å²) in [6, 6.07) is 15.6. The van der Waals surface area contributed by atoms with Crippen LogP contribution in [0.1, 0.15) is 60.9 Å². The van der Waals surface area contributed by atoms with Crippen LogP contribution in [0.5, 0.6) is 5.75 Å². The van der Waals surface area contributed by atoms with Gasteiger partial charge in [0.2, 0.25) is 17.7 Å². The number of para-hydroxylation sites is 1. The number of hydrazine groups is 1. The summed E-state index contributed by atoms with van der Waals surface area (Å²) < 4.78 is 5.89. The van der Waals surface area contributed by atoms with Gasteiger partial charge in [-0.2, -0.15) is 5.01 Å². The van der Waals surface area contributed by atoms with Crippen molar-refractivity contribution < 1.29 is 23.9 Å². The first-order chi connectivity index (χ1) is 18.5. The second-order valence-corrected chi connectivity index (χ2v) is 10.00. The van der Waals surface area contributed by atoms with E-state index in [-0.39, 0.29) is 43.0 Å². The van der Waals surface area contributed by atoms with Crippen LogP contribution < -0.4 is 9.64 Å². The lowest BCUT2D eigenvalue weighted by Gasteiger charge is -2.36. The van der Waals surface area contributed by atoms with Crippen molar-refractivity contribution in [3.8, 4) is 5.75 Å². The minimum Gasteiger partial charge on any atom is -0.494 e. The van der Waals surface area contributed by atoms with Crippen molar-refractivity contribution in [3.63, 3.8) is 0 Å². The fraction of sp³-hybridized carbons (Fsp3) is 0.448. The number of benzene rings is 2. The standard InChI is InChI=1S/C29H34N4O5/c34-26(31-17-15-30(16-18-31)23-8-3-1-4-9-23)10-5-2-6-19-38-24-13-14-25-22(20-24)21-32(29(25)37)33-27(35)11-7-12-28(33)36/h1,3-4,8-9,13-14,20H,2,5-7,10-12,15-19,21H2. The van der Waals surface area contributed by atoms with Gasteiger partial charge in [0.05, 0.1) is 13.2 Å². The highest BCUT2D eigenvalue weighted by atomic mass is 16.5. The van der Waals surface area contributed by atoms with Crippen LogP contribution in [0.3, 0.4) is 0 Å². The van der Waals surface area contributed by atoms with Crippen molar-refractivity contribution in [2.75, 3.05) is 37.7 Å². The zero-order valence-electron chi connectivity index (χ0n) is 21.6. The number of fused-ring (bicyclic) bond motifs is 1. The van der Waals surface area contributed by atoms with Gasteiger partial charge in [-0.05, 0) is 61.6 Å². The van der Waals surface area contributed by atoms with Crippen LogP contribution in [0, 0.1) is 0 Å². The highest BCUT2D eigenvalue weighted by Crippen LogP contribution is 2.30. The maximum Gasteiger partial charge on any atom is 0.273 e. The van der Waals surface area contributed by atoms with Gasteiger partial charge in [0.25, 0.3) is 5.91 Å². The van der Waals surface area contributed by atoms with Crippen LogP contribution in [0.2, 0.25) is 0 Å². The van der Waals surface area contributed by atoms with Gasteiger partial charge in [0, 0.05) is 56.7 Å². The number of piperazine rings is 1. The molecule has 0 radical (unpaired) electrons. The molecule has 9 heteroatoms. The minimum absolute atomic E-state index is 0.185. The number of carbonyl (C=O) groups is 4. The fourth-order valence-corrected chi connectivity index (χ4v) is 5.30. The molecule has 0 unspecified atom stereocenters. The molecule has 2 fully saturated rings. The zero-order chi connectivity index (χ0) is 26.5. The summed E-state index contributed by atoms with van der Waals surface area (Å²) >= 11 is 0. The average molecular weight is 519 g/mol. The Hall–Kier alpha value is -3.88. The number of carbonyl (C=O) groups excluding carboxylic acids is 4. The van der Waals surface area contributed by atoms with E-state index in [2.05, 4.69) is 17.0 Å². The van der Waals surface area contributed by atoms with E-state index in [0.717, 1.165) is 56.0 Å². The predicted molar refractivity (Wildman–Crippen MR) is 141 cm³/mol. The minimum atomic E-state index is -0.332. The summed E-state index contributed by atoms with van der Waals surface area (Å²) in [5.41, 5.74) is 2.45. The van der Waals surface area contributed by atoms with Crippen LogP contribution in [0.4, 0.5) is 5.69 Å². The number of unbranched alkanes of at least 4 members (excludes halogenated alkanes) is 2. The molecule has 0 atom stereocenters. The maximum absolute atomic E-state index is 12.8. The molecule has 9 nitrogen and oxygen atoms in total. The van der Waals surface area contributed by atoms with Crippen molar-refractivity contribution in [1.82, 2.24) is 14.9 Å². The molecule has 0 N–H and O–H groups in total. The molecule has 5 rings (SSSR count). The lowest BCUT2D eigenvalue weighted by atomic mass is 10.1. The Kier molecular flexibility index (Phi) is 7.91. The molecule has 4 amide bonds. The number of imide groups is 1. The molecule has 200 valence electrons. The van der Waals surface area contributed by atoms with Crippen LogP contribution in [-0.4, -0.2) is 71.3 Å². The molecule has 0 saturated carbocycles. The molecule has 0 aromatic heterocycles. The second-order valence-electron chi connectivity index (χ2n) is 10.00. The van der Waals surface area contributed by atoms with Crippen molar-refractivity contribution in [2.24, 2.45) is 0 Å². The van der Waals surface area contributed by atoms with Crippen LogP contribution in [-0.2, 0) is 20.9 Å². The average Bonchev–Trinajstić information content (AvgIpc) is 3.26. The Bertz CT molecular complexity index is 1180. The number of ether oxygens (including phenoxy) is 1. The first kappa shape index (κ1) is 25.8. The van der Waals surface area contributed by atoms with Crippen molar-refractivity contribution in [1.29, 1.82) is 0 Å². The third-order valence-electron chi connectivity index (χ3n) is 7.41. The zero-order valence-corrected chi connectivity index (χ0v) is 21.6. The number of anilines is 1. The summed E-state index contributed by atoms with van der Waals surface area (Å²) in [4.78, 5) is 54.2. The Balaban J connectivity index is 1.01. The Morgan fingerprint density at radius 1 is 0.842 bits per heavy atom. The van der Waals surface area contributed by atoms with Gasteiger partial charge >= 0.3 is 0 Å². The molecule has 3 aliphatic heterocycles. The molecule has 38 heavy (non-hydrogen) atoms. The van der Waals surface area contributed by atoms with Gasteiger partial charge in [0.1, 0.15) is 5.75 Å². The maximum atomic E-state index is 12.8. The first-order valence-electron chi connectivity index (χ1n) is 13.5. The van der Waals surface area contributed by atoms with E-state index in [9.17, 15) is 19.2 Å². The van der Waals surface area contributed by atoms with E-state index in [1.54, 1.807) is 12.1 Å². The smallest absolute Gasteiger partial charge is 0.273 e. The van der Waals surface area contributed by atoms with Gasteiger partial charge in [-0.3, -0.25) is 19.2 Å². The molecular formula is C29H34N4O5. The molecular weight excluding hydrogens is 484 g/mol. The summed E-state index contributed by atoms with van der Waals surface area (Å²) in [7, 11) is 0. The SMILES string of the molecule is O=C(CCCCCOc1ccc2c(c1)CN(N1C(=O)CCCC1=O)C2=O)N1CCN(c2ccccc2)CC1. The van der Waals surface area contributed by atoms with Gasteiger partial charge in [0.15, 0.2) is 0 Å². The lowest BCUT2D eigenvalue weighted by molar-refractivity contribution is -0.163. The fourth-order valence-electron chi connectivity index (χ4n) is 5.30. The van der Waals surface area contributed by atoms with E-state index in [0.29, 0.717) is 30.8 Å². The van der Waals surface area contributed by atoms with Crippen LogP contribution in [0.25, 0.3) is 0 Å². The van der Waals surface area contributed by atoms with Crippen molar-refractivity contribution >= 4 is 29.3 Å². The van der Waals surface area contributed by atoms with E-state index in [1.807, 2.05) is 29.2 Å². The number of amides is 4. The molecule has 2 saturated heterocycles. The Labute approximate surface area is 222 Å². The van der Waals surface area contributed by atoms with Crippen LogP contribution in [0.15, 0.2) is 48.5 Å². The number of nitrogens with zero attached hydrogens (tertiary/aromatic N) is 4. The molecule has 2 aromatic carbocycles. The van der Waals surface area contributed by atoms with Gasteiger partial charge in [-0.15, -0.1) is 0 Å². The summed E-state index contributed by atoms with van der Waals surface area (Å²) in [5.74, 6) is -0.112. The van der Waals surface area contributed by atoms with E-state index in [4.69, 9.17) is 4.74 Å². The lowest BCUT2D eigenvalue weighted by Crippen LogP contribution is -2.51. The normalized spacial score (nSPS) is 17.7. The van der Waals surface area contributed by atoms with Gasteiger partial charge in [-0.1, -0.05) is 18.2 Å². The number of rotatable bonds is 9. The highest BCUT2D eigenvalue weighted by Gasteiger charge is 2.39. The third-order valence-corrected chi connectivity index (χ3v) is 7.41. The Morgan fingerprint density at radius 3 is 2.32 bits per heavy atom. The topological polar surface area (TPSA) is 90.5 Å².